The lowest BCUT2D eigenvalue weighted by molar-refractivity contribution is 0.354. The molecule has 0 aromatic carbocycles. The molecule has 0 spiro atoms. The van der Waals surface area contributed by atoms with Crippen LogP contribution < -0.4 is 5.32 Å². The first-order chi connectivity index (χ1) is 7.16. The summed E-state index contributed by atoms with van der Waals surface area (Å²) in [5.41, 5.74) is 0. The average molecular weight is 208 g/mol. The Morgan fingerprint density at radius 2 is 2.33 bits per heavy atom. The Bertz CT molecular complexity index is 329. The second-order valence-corrected chi connectivity index (χ2v) is 4.74. The van der Waals surface area contributed by atoms with Crippen LogP contribution in [0, 0.1) is 12.8 Å². The van der Waals surface area contributed by atoms with E-state index in [1.165, 1.54) is 12.8 Å². The third-order valence-electron chi connectivity index (χ3n) is 2.75. The Morgan fingerprint density at radius 1 is 1.53 bits per heavy atom. The molecule has 1 aliphatic rings. The number of aromatic nitrogens is 3. The van der Waals surface area contributed by atoms with E-state index in [9.17, 15) is 0 Å². The van der Waals surface area contributed by atoms with Gasteiger partial charge in [0.05, 0.1) is 6.04 Å². The maximum Gasteiger partial charge on any atom is 0.147 e. The third kappa shape index (κ3) is 2.37. The fourth-order valence-electron chi connectivity index (χ4n) is 2.04. The van der Waals surface area contributed by atoms with Gasteiger partial charge in [0.1, 0.15) is 11.6 Å². The summed E-state index contributed by atoms with van der Waals surface area (Å²) in [6.07, 6.45) is 2.39. The van der Waals surface area contributed by atoms with Crippen molar-refractivity contribution < 1.29 is 0 Å². The molecule has 0 amide bonds. The molecule has 1 aromatic rings. The molecular weight excluding hydrogens is 188 g/mol. The average Bonchev–Trinajstić information content (AvgIpc) is 2.55. The summed E-state index contributed by atoms with van der Waals surface area (Å²) >= 11 is 0. The highest BCUT2D eigenvalue weighted by atomic mass is 15.4. The third-order valence-corrected chi connectivity index (χ3v) is 2.75. The summed E-state index contributed by atoms with van der Waals surface area (Å²) in [6.45, 7) is 8.50. The highest BCUT2D eigenvalue weighted by molar-refractivity contribution is 5.01. The van der Waals surface area contributed by atoms with Gasteiger partial charge in [-0.25, -0.2) is 9.67 Å². The lowest BCUT2D eigenvalue weighted by Gasteiger charge is -2.23. The minimum absolute atomic E-state index is 0.405. The molecule has 1 atom stereocenters. The van der Waals surface area contributed by atoms with Crippen LogP contribution in [0.1, 0.15) is 44.4 Å². The van der Waals surface area contributed by atoms with E-state index < -0.39 is 0 Å². The van der Waals surface area contributed by atoms with E-state index in [0.717, 1.165) is 24.7 Å². The molecule has 0 fully saturated rings. The molecule has 4 heteroatoms. The normalized spacial score (nSPS) is 20.7. The summed E-state index contributed by atoms with van der Waals surface area (Å²) < 4.78 is 2.05. The van der Waals surface area contributed by atoms with Gasteiger partial charge in [0, 0.05) is 6.54 Å². The largest absolute Gasteiger partial charge is 0.307 e. The van der Waals surface area contributed by atoms with Crippen LogP contribution in [0.4, 0.5) is 0 Å². The molecule has 0 saturated carbocycles. The highest BCUT2D eigenvalue weighted by Crippen LogP contribution is 2.22. The molecule has 1 aliphatic heterocycles. The molecular formula is C11H20N4. The predicted octanol–water partition coefficient (Wildman–Crippen LogP) is 1.67. The van der Waals surface area contributed by atoms with Crippen LogP contribution in [0.2, 0.25) is 0 Å². The summed E-state index contributed by atoms with van der Waals surface area (Å²) in [5, 5.41) is 7.96. The Balaban J connectivity index is 2.08. The molecule has 84 valence electrons. The van der Waals surface area contributed by atoms with Crippen LogP contribution >= 0.6 is 0 Å². The second kappa shape index (κ2) is 4.31. The van der Waals surface area contributed by atoms with Gasteiger partial charge < -0.3 is 5.32 Å². The molecule has 0 bridgehead atoms. The first kappa shape index (κ1) is 10.6. The number of nitrogens with zero attached hydrogens (tertiary/aromatic N) is 3. The zero-order valence-electron chi connectivity index (χ0n) is 9.82. The van der Waals surface area contributed by atoms with Gasteiger partial charge in [-0.1, -0.05) is 13.8 Å². The Morgan fingerprint density at radius 3 is 3.07 bits per heavy atom. The van der Waals surface area contributed by atoms with Crippen LogP contribution in [-0.4, -0.2) is 21.3 Å². The maximum atomic E-state index is 4.50. The number of fused-ring (bicyclic) bond motifs is 1. The quantitative estimate of drug-likeness (QED) is 0.821. The number of hydrogen-bond donors (Lipinski definition) is 1. The smallest absolute Gasteiger partial charge is 0.147 e. The van der Waals surface area contributed by atoms with E-state index in [-0.39, 0.29) is 0 Å². The van der Waals surface area contributed by atoms with Crippen molar-refractivity contribution in [2.24, 2.45) is 5.92 Å². The standard InChI is InChI=1S/C11H20N4/c1-8(2)7-12-10-5-4-6-15-11(10)13-9(3)14-15/h8,10,12H,4-7H2,1-3H3. The molecule has 2 rings (SSSR count). The van der Waals surface area contributed by atoms with Crippen molar-refractivity contribution in [2.75, 3.05) is 6.54 Å². The fraction of sp³-hybridized carbons (Fsp3) is 0.818. The number of nitrogens with one attached hydrogen (secondary N) is 1. The van der Waals surface area contributed by atoms with Crippen molar-refractivity contribution in [3.8, 4) is 0 Å². The molecule has 0 aliphatic carbocycles. The van der Waals surface area contributed by atoms with Gasteiger partial charge in [-0.05, 0) is 32.2 Å². The van der Waals surface area contributed by atoms with Crippen molar-refractivity contribution in [1.29, 1.82) is 0 Å². The molecule has 1 N–H and O–H groups in total. The van der Waals surface area contributed by atoms with Gasteiger partial charge in [0.2, 0.25) is 0 Å². The van der Waals surface area contributed by atoms with E-state index in [2.05, 4.69) is 33.9 Å². The van der Waals surface area contributed by atoms with E-state index in [4.69, 9.17) is 0 Å². The zero-order chi connectivity index (χ0) is 10.8. The highest BCUT2D eigenvalue weighted by Gasteiger charge is 2.22. The van der Waals surface area contributed by atoms with Gasteiger partial charge in [-0.2, -0.15) is 5.10 Å². The van der Waals surface area contributed by atoms with Crippen LogP contribution in [0.25, 0.3) is 0 Å². The summed E-state index contributed by atoms with van der Waals surface area (Å²) in [4.78, 5) is 4.50. The number of rotatable bonds is 3. The Hall–Kier alpha value is -0.900. The Labute approximate surface area is 91.1 Å². The van der Waals surface area contributed by atoms with E-state index in [0.29, 0.717) is 12.0 Å². The van der Waals surface area contributed by atoms with Crippen LogP contribution in [-0.2, 0) is 6.54 Å². The molecule has 2 heterocycles. The van der Waals surface area contributed by atoms with Crippen LogP contribution in [0.5, 0.6) is 0 Å². The second-order valence-electron chi connectivity index (χ2n) is 4.74. The van der Waals surface area contributed by atoms with E-state index >= 15 is 0 Å². The van der Waals surface area contributed by atoms with Crippen molar-refractivity contribution >= 4 is 0 Å². The minimum Gasteiger partial charge on any atom is -0.307 e. The first-order valence-corrected chi connectivity index (χ1v) is 5.81. The van der Waals surface area contributed by atoms with Gasteiger partial charge in [0.25, 0.3) is 0 Å². The molecule has 0 radical (unpaired) electrons. The molecule has 1 unspecified atom stereocenters. The molecule has 1 aromatic heterocycles. The van der Waals surface area contributed by atoms with E-state index in [1.54, 1.807) is 0 Å². The number of aryl methyl sites for hydroxylation is 2. The van der Waals surface area contributed by atoms with Crippen molar-refractivity contribution in [2.45, 2.75) is 46.2 Å². The van der Waals surface area contributed by atoms with Crippen LogP contribution in [0.3, 0.4) is 0 Å². The van der Waals surface area contributed by atoms with Crippen molar-refractivity contribution in [3.05, 3.63) is 11.6 Å². The topological polar surface area (TPSA) is 42.7 Å². The monoisotopic (exact) mass is 208 g/mol. The molecule has 15 heavy (non-hydrogen) atoms. The van der Waals surface area contributed by atoms with Crippen LogP contribution in [0.15, 0.2) is 0 Å². The van der Waals surface area contributed by atoms with Gasteiger partial charge in [-0.3, -0.25) is 0 Å². The minimum atomic E-state index is 0.405. The van der Waals surface area contributed by atoms with E-state index in [1.807, 2.05) is 6.92 Å². The van der Waals surface area contributed by atoms with Gasteiger partial charge in [-0.15, -0.1) is 0 Å². The van der Waals surface area contributed by atoms with Gasteiger partial charge in [0.15, 0.2) is 0 Å². The SMILES string of the molecule is Cc1nc2n(n1)CCCC2NCC(C)C. The lowest BCUT2D eigenvalue weighted by atomic mass is 10.1. The number of hydrogen-bond acceptors (Lipinski definition) is 3. The molecule has 0 saturated heterocycles. The van der Waals surface area contributed by atoms with Crippen molar-refractivity contribution in [3.63, 3.8) is 0 Å². The summed E-state index contributed by atoms with van der Waals surface area (Å²) in [6, 6.07) is 0.405. The maximum absolute atomic E-state index is 4.50. The van der Waals surface area contributed by atoms with Gasteiger partial charge >= 0.3 is 0 Å². The predicted molar refractivity (Wildman–Crippen MR) is 59.6 cm³/mol. The lowest BCUT2D eigenvalue weighted by Crippen LogP contribution is -2.31. The fourth-order valence-corrected chi connectivity index (χ4v) is 2.04. The molecule has 4 nitrogen and oxygen atoms in total. The summed E-state index contributed by atoms with van der Waals surface area (Å²) in [7, 11) is 0. The summed E-state index contributed by atoms with van der Waals surface area (Å²) in [5.74, 6) is 2.70. The van der Waals surface area contributed by atoms with Crippen molar-refractivity contribution in [1.82, 2.24) is 20.1 Å². The zero-order valence-corrected chi connectivity index (χ0v) is 9.82. The first-order valence-electron chi connectivity index (χ1n) is 5.81. The Kier molecular flexibility index (Phi) is 3.05.